The zero-order chi connectivity index (χ0) is 22.0. The van der Waals surface area contributed by atoms with Gasteiger partial charge in [0, 0.05) is 35.4 Å². The van der Waals surface area contributed by atoms with Crippen LogP contribution in [-0.4, -0.2) is 48.7 Å². The second-order valence-electron chi connectivity index (χ2n) is 8.07. The number of carbonyl (C=O) groups is 1. The highest BCUT2D eigenvalue weighted by atomic mass is 35.5. The van der Waals surface area contributed by atoms with Crippen molar-refractivity contribution >= 4 is 35.0 Å². The second-order valence-corrected chi connectivity index (χ2v) is 9.42. The molecule has 1 amide bonds. The van der Waals surface area contributed by atoms with E-state index in [2.05, 4.69) is 22.0 Å². The highest BCUT2D eigenvalue weighted by Gasteiger charge is 2.25. The van der Waals surface area contributed by atoms with Crippen LogP contribution in [0, 0.1) is 13.8 Å². The van der Waals surface area contributed by atoms with Crippen molar-refractivity contribution in [1.82, 2.24) is 24.5 Å². The number of amides is 1. The number of benzene rings is 1. The lowest BCUT2D eigenvalue weighted by atomic mass is 10.0. The summed E-state index contributed by atoms with van der Waals surface area (Å²) in [5.41, 5.74) is 4.07. The Morgan fingerprint density at radius 2 is 2.03 bits per heavy atom. The highest BCUT2D eigenvalue weighted by molar-refractivity contribution is 7.99. The molecule has 0 spiro atoms. The number of halogens is 1. The maximum atomic E-state index is 12.8. The summed E-state index contributed by atoms with van der Waals surface area (Å²) >= 11 is 7.75. The fraction of sp³-hybridized carbons (Fsp3) is 0.478. The summed E-state index contributed by atoms with van der Waals surface area (Å²) in [6, 6.07) is 8.23. The zero-order valence-electron chi connectivity index (χ0n) is 18.3. The molecule has 4 rings (SSSR count). The fourth-order valence-electron chi connectivity index (χ4n) is 4.30. The molecular weight excluding hydrogens is 430 g/mol. The van der Waals surface area contributed by atoms with Gasteiger partial charge in [0.15, 0.2) is 0 Å². The number of hydrogen-bond acceptors (Lipinski definition) is 5. The van der Waals surface area contributed by atoms with Crippen LogP contribution in [0.2, 0.25) is 5.02 Å². The van der Waals surface area contributed by atoms with E-state index in [4.69, 9.17) is 11.6 Å². The van der Waals surface area contributed by atoms with Crippen LogP contribution in [0.1, 0.15) is 55.1 Å². The van der Waals surface area contributed by atoms with Crippen molar-refractivity contribution in [3.05, 3.63) is 51.8 Å². The number of fused-ring (bicyclic) bond motifs is 1. The van der Waals surface area contributed by atoms with Gasteiger partial charge in [0.25, 0.3) is 5.78 Å². The van der Waals surface area contributed by atoms with Gasteiger partial charge in [-0.1, -0.05) is 48.5 Å². The van der Waals surface area contributed by atoms with Crippen LogP contribution < -0.4 is 0 Å². The molecule has 0 aliphatic carbocycles. The number of aromatic nitrogens is 4. The first-order chi connectivity index (χ1) is 15.0. The molecule has 1 saturated heterocycles. The molecular formula is C23H28ClN5OS. The van der Waals surface area contributed by atoms with E-state index in [-0.39, 0.29) is 5.91 Å². The lowest BCUT2D eigenvalue weighted by Gasteiger charge is -2.35. The minimum atomic E-state index is 0.177. The molecule has 3 heterocycles. The number of piperidine rings is 1. The van der Waals surface area contributed by atoms with Crippen LogP contribution in [0.15, 0.2) is 29.4 Å². The number of hydrogen-bond donors (Lipinski definition) is 0. The molecule has 0 bridgehead atoms. The Hall–Kier alpha value is -2.12. The monoisotopic (exact) mass is 457 g/mol. The maximum absolute atomic E-state index is 12.8. The summed E-state index contributed by atoms with van der Waals surface area (Å²) < 4.78 is 1.78. The van der Waals surface area contributed by atoms with E-state index in [1.165, 1.54) is 18.2 Å². The first-order valence-corrected chi connectivity index (χ1v) is 12.2. The maximum Gasteiger partial charge on any atom is 0.253 e. The van der Waals surface area contributed by atoms with E-state index in [0.717, 1.165) is 53.3 Å². The normalized spacial score (nSPS) is 16.8. The molecule has 0 N–H and O–H groups in total. The molecule has 0 saturated carbocycles. The lowest BCUT2D eigenvalue weighted by Crippen LogP contribution is -2.44. The minimum absolute atomic E-state index is 0.177. The number of carbonyl (C=O) groups excluding carboxylic acids is 1. The molecule has 8 heteroatoms. The molecule has 3 aromatic rings. The van der Waals surface area contributed by atoms with Crippen molar-refractivity contribution in [2.75, 3.05) is 12.3 Å². The van der Waals surface area contributed by atoms with Gasteiger partial charge < -0.3 is 4.90 Å². The predicted molar refractivity (Wildman–Crippen MR) is 125 cm³/mol. The van der Waals surface area contributed by atoms with E-state index in [0.29, 0.717) is 29.1 Å². The number of aryl methyl sites for hydroxylation is 2. The van der Waals surface area contributed by atoms with Gasteiger partial charge in [-0.2, -0.15) is 4.98 Å². The molecule has 1 aliphatic rings. The summed E-state index contributed by atoms with van der Waals surface area (Å²) in [6.45, 7) is 7.04. The Balaban J connectivity index is 1.52. The van der Waals surface area contributed by atoms with Crippen LogP contribution in [0.4, 0.5) is 0 Å². The van der Waals surface area contributed by atoms with Gasteiger partial charge in [0.1, 0.15) is 0 Å². The Labute approximate surface area is 192 Å². The average Bonchev–Trinajstić information content (AvgIpc) is 3.19. The van der Waals surface area contributed by atoms with Gasteiger partial charge in [-0.15, -0.1) is 5.10 Å². The van der Waals surface area contributed by atoms with E-state index in [1.807, 2.05) is 43.0 Å². The van der Waals surface area contributed by atoms with Crippen LogP contribution in [0.3, 0.4) is 0 Å². The molecule has 1 atom stereocenters. The van der Waals surface area contributed by atoms with Crippen molar-refractivity contribution in [2.24, 2.45) is 0 Å². The van der Waals surface area contributed by atoms with Gasteiger partial charge in [0.2, 0.25) is 11.1 Å². The second kappa shape index (κ2) is 9.57. The highest BCUT2D eigenvalue weighted by Crippen LogP contribution is 2.25. The topological polar surface area (TPSA) is 63.4 Å². The Morgan fingerprint density at radius 3 is 2.81 bits per heavy atom. The minimum Gasteiger partial charge on any atom is -0.339 e. The van der Waals surface area contributed by atoms with Crippen LogP contribution in [0.5, 0.6) is 0 Å². The molecule has 1 aromatic carbocycles. The van der Waals surface area contributed by atoms with Gasteiger partial charge in [-0.05, 0) is 56.7 Å². The largest absolute Gasteiger partial charge is 0.339 e. The third-order valence-electron chi connectivity index (χ3n) is 6.10. The predicted octanol–water partition coefficient (Wildman–Crippen LogP) is 4.87. The average molecular weight is 458 g/mol. The SMILES string of the molecule is CC[C@H]1CCCCN1C(=O)CSc1nc2nc(C)c(Cc3ccccc3Cl)c(C)n2n1. The van der Waals surface area contributed by atoms with Crippen LogP contribution in [0.25, 0.3) is 5.78 Å². The zero-order valence-corrected chi connectivity index (χ0v) is 19.8. The standard InChI is InChI=1S/C23H28ClN5OS/c1-4-18-10-7-8-12-28(18)21(30)14-31-23-26-22-25-15(2)19(16(3)29(22)27-23)13-17-9-5-6-11-20(17)24/h5-6,9,11,18H,4,7-8,10,12-14H2,1-3H3/t18-/m0/s1. The summed E-state index contributed by atoms with van der Waals surface area (Å²) in [5, 5.41) is 5.97. The van der Waals surface area contributed by atoms with Gasteiger partial charge in [-0.3, -0.25) is 4.79 Å². The Kier molecular flexibility index (Phi) is 6.82. The van der Waals surface area contributed by atoms with Gasteiger partial charge in [-0.25, -0.2) is 9.50 Å². The van der Waals surface area contributed by atoms with Crippen LogP contribution in [-0.2, 0) is 11.2 Å². The van der Waals surface area contributed by atoms with E-state index in [1.54, 1.807) is 4.52 Å². The number of rotatable bonds is 6. The lowest BCUT2D eigenvalue weighted by molar-refractivity contribution is -0.132. The molecule has 31 heavy (non-hydrogen) atoms. The molecule has 6 nitrogen and oxygen atoms in total. The number of thioether (sulfide) groups is 1. The summed E-state index contributed by atoms with van der Waals surface area (Å²) in [5.74, 6) is 1.10. The quantitative estimate of drug-likeness (QED) is 0.494. The van der Waals surface area contributed by atoms with Gasteiger partial charge >= 0.3 is 0 Å². The van der Waals surface area contributed by atoms with E-state index >= 15 is 0 Å². The molecule has 0 unspecified atom stereocenters. The molecule has 1 fully saturated rings. The number of nitrogens with zero attached hydrogens (tertiary/aromatic N) is 5. The molecule has 1 aliphatic heterocycles. The van der Waals surface area contributed by atoms with Crippen LogP contribution >= 0.6 is 23.4 Å². The molecule has 164 valence electrons. The summed E-state index contributed by atoms with van der Waals surface area (Å²) in [6.07, 6.45) is 5.12. The smallest absolute Gasteiger partial charge is 0.253 e. The third-order valence-corrected chi connectivity index (χ3v) is 7.29. The van der Waals surface area contributed by atoms with E-state index < -0.39 is 0 Å². The van der Waals surface area contributed by atoms with E-state index in [9.17, 15) is 4.79 Å². The van der Waals surface area contributed by atoms with Gasteiger partial charge in [0.05, 0.1) is 5.75 Å². The Morgan fingerprint density at radius 1 is 1.23 bits per heavy atom. The Bertz CT molecular complexity index is 1100. The first-order valence-electron chi connectivity index (χ1n) is 10.9. The third kappa shape index (κ3) is 4.72. The fourth-order valence-corrected chi connectivity index (χ4v) is 5.21. The van der Waals surface area contributed by atoms with Crippen molar-refractivity contribution in [3.63, 3.8) is 0 Å². The van der Waals surface area contributed by atoms with Crippen molar-refractivity contribution in [1.29, 1.82) is 0 Å². The number of likely N-dealkylation sites (tertiary alicyclic amines) is 1. The summed E-state index contributed by atoms with van der Waals surface area (Å²) in [7, 11) is 0. The van der Waals surface area contributed by atoms with Crippen molar-refractivity contribution in [3.8, 4) is 0 Å². The summed E-state index contributed by atoms with van der Waals surface area (Å²) in [4.78, 5) is 24.1. The van der Waals surface area contributed by atoms with Crippen molar-refractivity contribution < 1.29 is 4.79 Å². The van der Waals surface area contributed by atoms with Crippen molar-refractivity contribution in [2.45, 2.75) is 64.1 Å². The first kappa shape index (κ1) is 22.1. The molecule has 0 radical (unpaired) electrons. The molecule has 2 aromatic heterocycles.